The number of thiazole rings is 1. The van der Waals surface area contributed by atoms with Crippen molar-refractivity contribution in [2.24, 2.45) is 5.92 Å². The van der Waals surface area contributed by atoms with Crippen LogP contribution < -0.4 is 5.32 Å². The van der Waals surface area contributed by atoms with E-state index in [1.54, 1.807) is 23.5 Å². The summed E-state index contributed by atoms with van der Waals surface area (Å²) in [6.45, 7) is 6.70. The molecule has 1 unspecified atom stereocenters. The van der Waals surface area contributed by atoms with E-state index in [0.29, 0.717) is 5.92 Å². The number of fused-ring (bicyclic) bond motifs is 1. The van der Waals surface area contributed by atoms with E-state index in [-0.39, 0.29) is 11.2 Å². The van der Waals surface area contributed by atoms with Gasteiger partial charge in [0.15, 0.2) is 0 Å². The van der Waals surface area contributed by atoms with Crippen LogP contribution in [0.4, 0.5) is 4.39 Å². The molecule has 2 heterocycles. The number of piperidine rings is 1. The Kier molecular flexibility index (Phi) is 3.31. The molecule has 0 spiro atoms. The van der Waals surface area contributed by atoms with E-state index in [4.69, 9.17) is 4.98 Å². The van der Waals surface area contributed by atoms with Crippen molar-refractivity contribution in [2.45, 2.75) is 32.1 Å². The third kappa shape index (κ3) is 2.39. The zero-order chi connectivity index (χ0) is 13.5. The Balaban J connectivity index is 1.97. The molecular weight excluding hydrogens is 259 g/mol. The molecule has 0 bridgehead atoms. The summed E-state index contributed by atoms with van der Waals surface area (Å²) in [6.07, 6.45) is 2.47. The molecule has 1 atom stereocenters. The van der Waals surface area contributed by atoms with Crippen molar-refractivity contribution >= 4 is 21.6 Å². The largest absolute Gasteiger partial charge is 0.316 e. The molecule has 2 aromatic rings. The van der Waals surface area contributed by atoms with Crippen LogP contribution in [0.3, 0.4) is 0 Å². The Morgan fingerprint density at radius 2 is 2.26 bits per heavy atom. The lowest BCUT2D eigenvalue weighted by Gasteiger charge is -2.35. The number of rotatable bonds is 2. The second-order valence-corrected chi connectivity index (χ2v) is 6.93. The fourth-order valence-electron chi connectivity index (χ4n) is 2.82. The van der Waals surface area contributed by atoms with Gasteiger partial charge in [0.2, 0.25) is 0 Å². The SMILES string of the molecule is CC(C)(c1nc2ccc(F)cc2s1)C1CCCNC1. The summed E-state index contributed by atoms with van der Waals surface area (Å²) in [4.78, 5) is 4.72. The summed E-state index contributed by atoms with van der Waals surface area (Å²) in [7, 11) is 0. The molecule has 2 nitrogen and oxygen atoms in total. The molecule has 1 N–H and O–H groups in total. The number of halogens is 1. The maximum atomic E-state index is 13.3. The van der Waals surface area contributed by atoms with Crippen molar-refractivity contribution < 1.29 is 4.39 Å². The first kappa shape index (κ1) is 13.0. The molecule has 1 fully saturated rings. The highest BCUT2D eigenvalue weighted by atomic mass is 32.1. The molecule has 1 aliphatic heterocycles. The number of nitrogens with one attached hydrogen (secondary N) is 1. The topological polar surface area (TPSA) is 24.9 Å². The highest BCUT2D eigenvalue weighted by Gasteiger charge is 2.34. The lowest BCUT2D eigenvalue weighted by molar-refractivity contribution is 0.251. The van der Waals surface area contributed by atoms with E-state index >= 15 is 0 Å². The number of benzene rings is 1. The van der Waals surface area contributed by atoms with Crippen LogP contribution in [0.5, 0.6) is 0 Å². The van der Waals surface area contributed by atoms with Crippen molar-refractivity contribution in [2.75, 3.05) is 13.1 Å². The minimum absolute atomic E-state index is 0.0492. The number of hydrogen-bond acceptors (Lipinski definition) is 3. The Bertz CT molecular complexity index is 585. The molecule has 1 aliphatic rings. The molecule has 1 saturated heterocycles. The number of nitrogens with zero attached hydrogens (tertiary/aromatic N) is 1. The molecule has 19 heavy (non-hydrogen) atoms. The van der Waals surface area contributed by atoms with Crippen molar-refractivity contribution in [3.8, 4) is 0 Å². The van der Waals surface area contributed by atoms with Gasteiger partial charge in [-0.2, -0.15) is 0 Å². The molecule has 0 radical (unpaired) electrons. The van der Waals surface area contributed by atoms with Gasteiger partial charge in [-0.05, 0) is 50.0 Å². The van der Waals surface area contributed by atoms with Crippen LogP contribution in [0.25, 0.3) is 10.2 Å². The maximum absolute atomic E-state index is 13.3. The minimum atomic E-state index is -0.181. The predicted molar refractivity (Wildman–Crippen MR) is 78.2 cm³/mol. The van der Waals surface area contributed by atoms with Crippen LogP contribution in [0, 0.1) is 11.7 Å². The standard InChI is InChI=1S/C15H19FN2S/c1-15(2,10-4-3-7-17-9-10)14-18-12-6-5-11(16)8-13(12)19-14/h5-6,8,10,17H,3-4,7,9H2,1-2H3. The summed E-state index contributed by atoms with van der Waals surface area (Å²) in [5.74, 6) is 0.423. The zero-order valence-electron chi connectivity index (χ0n) is 11.4. The summed E-state index contributed by atoms with van der Waals surface area (Å²) >= 11 is 1.63. The van der Waals surface area contributed by atoms with Gasteiger partial charge in [-0.15, -0.1) is 11.3 Å². The quantitative estimate of drug-likeness (QED) is 0.905. The van der Waals surface area contributed by atoms with Gasteiger partial charge in [0, 0.05) is 5.41 Å². The molecule has 1 aromatic heterocycles. The average molecular weight is 278 g/mol. The molecule has 1 aromatic carbocycles. The Labute approximate surface area is 117 Å². The van der Waals surface area contributed by atoms with Crippen LogP contribution in [0.15, 0.2) is 18.2 Å². The van der Waals surface area contributed by atoms with Crippen LogP contribution in [-0.4, -0.2) is 18.1 Å². The zero-order valence-corrected chi connectivity index (χ0v) is 12.2. The van der Waals surface area contributed by atoms with Crippen LogP contribution in [0.1, 0.15) is 31.7 Å². The fraction of sp³-hybridized carbons (Fsp3) is 0.533. The highest BCUT2D eigenvalue weighted by molar-refractivity contribution is 7.18. The van der Waals surface area contributed by atoms with Crippen molar-refractivity contribution in [3.63, 3.8) is 0 Å². The Hall–Kier alpha value is -1.00. The fourth-order valence-corrected chi connectivity index (χ4v) is 3.99. The first-order valence-electron chi connectivity index (χ1n) is 6.84. The van der Waals surface area contributed by atoms with E-state index in [0.717, 1.165) is 28.3 Å². The molecular formula is C15H19FN2S. The maximum Gasteiger partial charge on any atom is 0.124 e. The predicted octanol–water partition coefficient (Wildman–Crippen LogP) is 3.71. The molecule has 0 saturated carbocycles. The van der Waals surface area contributed by atoms with E-state index in [2.05, 4.69) is 19.2 Å². The van der Waals surface area contributed by atoms with Gasteiger partial charge < -0.3 is 5.32 Å². The minimum Gasteiger partial charge on any atom is -0.316 e. The Morgan fingerprint density at radius 1 is 1.42 bits per heavy atom. The smallest absolute Gasteiger partial charge is 0.124 e. The summed E-state index contributed by atoms with van der Waals surface area (Å²) in [6, 6.07) is 4.85. The van der Waals surface area contributed by atoms with E-state index in [1.165, 1.54) is 18.9 Å². The van der Waals surface area contributed by atoms with Gasteiger partial charge in [-0.25, -0.2) is 9.37 Å². The third-order valence-electron chi connectivity index (χ3n) is 4.22. The van der Waals surface area contributed by atoms with Crippen LogP contribution in [0.2, 0.25) is 0 Å². The van der Waals surface area contributed by atoms with E-state index < -0.39 is 0 Å². The summed E-state index contributed by atoms with van der Waals surface area (Å²) in [5, 5.41) is 4.60. The lowest BCUT2D eigenvalue weighted by Crippen LogP contribution is -2.40. The van der Waals surface area contributed by atoms with Crippen LogP contribution >= 0.6 is 11.3 Å². The molecule has 102 valence electrons. The molecule has 0 aliphatic carbocycles. The van der Waals surface area contributed by atoms with Gasteiger partial charge in [0.1, 0.15) is 5.82 Å². The monoisotopic (exact) mass is 278 g/mol. The van der Waals surface area contributed by atoms with Gasteiger partial charge in [-0.3, -0.25) is 0 Å². The summed E-state index contributed by atoms with van der Waals surface area (Å²) in [5.41, 5.74) is 0.964. The Morgan fingerprint density at radius 3 is 3.00 bits per heavy atom. The average Bonchev–Trinajstić information content (AvgIpc) is 2.83. The third-order valence-corrected chi connectivity index (χ3v) is 5.58. The number of hydrogen-bond donors (Lipinski definition) is 1. The van der Waals surface area contributed by atoms with Crippen molar-refractivity contribution in [3.05, 3.63) is 29.0 Å². The number of aromatic nitrogens is 1. The van der Waals surface area contributed by atoms with Gasteiger partial charge in [0.25, 0.3) is 0 Å². The molecule has 3 rings (SSSR count). The van der Waals surface area contributed by atoms with E-state index in [9.17, 15) is 4.39 Å². The lowest BCUT2D eigenvalue weighted by atomic mass is 9.75. The van der Waals surface area contributed by atoms with E-state index in [1.807, 2.05) is 0 Å². The van der Waals surface area contributed by atoms with Crippen LogP contribution in [-0.2, 0) is 5.41 Å². The van der Waals surface area contributed by atoms with Gasteiger partial charge in [0.05, 0.1) is 15.2 Å². The highest BCUT2D eigenvalue weighted by Crippen LogP contribution is 2.39. The molecule has 4 heteroatoms. The second kappa shape index (κ2) is 4.84. The molecule has 0 amide bonds. The second-order valence-electron chi connectivity index (χ2n) is 5.90. The van der Waals surface area contributed by atoms with Crippen molar-refractivity contribution in [1.82, 2.24) is 10.3 Å². The van der Waals surface area contributed by atoms with Gasteiger partial charge in [-0.1, -0.05) is 13.8 Å². The first-order chi connectivity index (χ1) is 9.07. The summed E-state index contributed by atoms with van der Waals surface area (Å²) < 4.78 is 14.2. The first-order valence-corrected chi connectivity index (χ1v) is 7.66. The normalized spacial score (nSPS) is 20.9. The van der Waals surface area contributed by atoms with Gasteiger partial charge >= 0.3 is 0 Å². The van der Waals surface area contributed by atoms with Crippen molar-refractivity contribution in [1.29, 1.82) is 0 Å².